The first kappa shape index (κ1) is 16.8. The summed E-state index contributed by atoms with van der Waals surface area (Å²) >= 11 is 2.01. The highest BCUT2D eigenvalue weighted by Crippen LogP contribution is 2.63. The average Bonchev–Trinajstić information content (AvgIpc) is 2.73. The predicted molar refractivity (Wildman–Crippen MR) is 88.8 cm³/mol. The van der Waals surface area contributed by atoms with Gasteiger partial charge < -0.3 is 0 Å². The van der Waals surface area contributed by atoms with Crippen LogP contribution >= 0.6 is 19.7 Å². The van der Waals surface area contributed by atoms with E-state index in [1.807, 2.05) is 11.8 Å². The van der Waals surface area contributed by atoms with Gasteiger partial charge in [-0.05, 0) is 55.6 Å². The molecule has 0 nitrogen and oxygen atoms in total. The first-order valence-electron chi connectivity index (χ1n) is 7.06. The van der Waals surface area contributed by atoms with Crippen molar-refractivity contribution in [3.8, 4) is 0 Å². The summed E-state index contributed by atoms with van der Waals surface area (Å²) in [6.45, 7) is 11.8. The van der Waals surface area contributed by atoms with Crippen LogP contribution in [0.3, 0.4) is 0 Å². The fourth-order valence-corrected chi connectivity index (χ4v) is 6.41. The lowest BCUT2D eigenvalue weighted by molar-refractivity contribution is 0.770. The van der Waals surface area contributed by atoms with Gasteiger partial charge in [-0.15, -0.1) is 0 Å². The van der Waals surface area contributed by atoms with Crippen LogP contribution in [0.2, 0.25) is 0 Å². The molecular weight excluding hydrogens is 255 g/mol. The van der Waals surface area contributed by atoms with E-state index in [1.165, 1.54) is 12.8 Å². The lowest BCUT2D eigenvalue weighted by Crippen LogP contribution is -2.16. The maximum atomic E-state index is 2.38. The van der Waals surface area contributed by atoms with E-state index in [0.29, 0.717) is 0 Å². The summed E-state index contributed by atoms with van der Waals surface area (Å²) < 4.78 is 0. The van der Waals surface area contributed by atoms with Crippen LogP contribution in [0.15, 0.2) is 0 Å². The fraction of sp³-hybridized carbons (Fsp3) is 0.688. The van der Waals surface area contributed by atoms with Crippen LogP contribution in [-0.4, -0.2) is 22.8 Å². The van der Waals surface area contributed by atoms with Gasteiger partial charge in [0.25, 0.3) is 0 Å². The topological polar surface area (TPSA) is 0 Å². The SMILES string of the molecule is CC[C@H](C[C]1[CH][CH][CH][C]1P(C(C)C)C(C)C)SC. The molecule has 0 bridgehead atoms. The van der Waals surface area contributed by atoms with E-state index in [2.05, 4.69) is 60.1 Å². The van der Waals surface area contributed by atoms with Gasteiger partial charge in [0.1, 0.15) is 0 Å². The number of hydrogen-bond donors (Lipinski definition) is 0. The number of hydrogen-bond acceptors (Lipinski definition) is 1. The first-order valence-corrected chi connectivity index (χ1v) is 9.83. The molecule has 0 saturated heterocycles. The van der Waals surface area contributed by atoms with Crippen molar-refractivity contribution >= 4 is 19.7 Å². The van der Waals surface area contributed by atoms with E-state index in [1.54, 1.807) is 11.6 Å². The minimum absolute atomic E-state index is 0.00740. The normalized spacial score (nSPS) is 20.5. The molecule has 103 valence electrons. The van der Waals surface area contributed by atoms with Gasteiger partial charge in [0.15, 0.2) is 0 Å². The average molecular weight is 283 g/mol. The molecule has 5 radical (unpaired) electrons. The maximum absolute atomic E-state index is 2.38. The second kappa shape index (κ2) is 8.15. The van der Waals surface area contributed by atoms with E-state index in [9.17, 15) is 0 Å². The van der Waals surface area contributed by atoms with E-state index >= 15 is 0 Å². The molecule has 0 aromatic rings. The van der Waals surface area contributed by atoms with Gasteiger partial charge in [0, 0.05) is 10.9 Å². The Balaban J connectivity index is 2.67. The minimum atomic E-state index is -0.00740. The van der Waals surface area contributed by atoms with Crippen LogP contribution in [0.25, 0.3) is 0 Å². The van der Waals surface area contributed by atoms with Crippen LogP contribution in [0.5, 0.6) is 0 Å². The highest BCUT2D eigenvalue weighted by Gasteiger charge is 2.38. The van der Waals surface area contributed by atoms with Crippen molar-refractivity contribution in [1.82, 2.24) is 0 Å². The van der Waals surface area contributed by atoms with Gasteiger partial charge in [0.2, 0.25) is 0 Å². The standard InChI is InChI=1S/C16H28PS/c1-7-15(18-6)11-14-9-8-10-16(14)17(12(2)3)13(4)5/h8-10,12-13,15H,7,11H2,1-6H3/t15-/m1/s1. The maximum Gasteiger partial charge on any atom is 0.0114 e. The van der Waals surface area contributed by atoms with Crippen molar-refractivity contribution in [1.29, 1.82) is 0 Å². The van der Waals surface area contributed by atoms with Crippen LogP contribution in [-0.2, 0) is 0 Å². The third-order valence-corrected chi connectivity index (χ3v) is 7.89. The molecule has 2 heteroatoms. The van der Waals surface area contributed by atoms with Crippen LogP contribution in [0.1, 0.15) is 47.5 Å². The Morgan fingerprint density at radius 3 is 2.17 bits per heavy atom. The van der Waals surface area contributed by atoms with Crippen LogP contribution < -0.4 is 0 Å². The molecule has 0 aliphatic heterocycles. The Morgan fingerprint density at radius 1 is 1.11 bits per heavy atom. The number of rotatable bonds is 7. The van der Waals surface area contributed by atoms with Crippen molar-refractivity contribution in [3.63, 3.8) is 0 Å². The molecule has 0 unspecified atom stereocenters. The molecule has 1 fully saturated rings. The third kappa shape index (κ3) is 4.41. The van der Waals surface area contributed by atoms with Gasteiger partial charge in [0.05, 0.1) is 0 Å². The molecule has 0 heterocycles. The van der Waals surface area contributed by atoms with Crippen molar-refractivity contribution in [2.24, 2.45) is 0 Å². The smallest absolute Gasteiger partial charge is 0.0114 e. The van der Waals surface area contributed by atoms with E-state index in [4.69, 9.17) is 0 Å². The van der Waals surface area contributed by atoms with Gasteiger partial charge in [-0.2, -0.15) is 11.8 Å². The quantitative estimate of drug-likeness (QED) is 0.552. The zero-order valence-corrected chi connectivity index (χ0v) is 14.4. The summed E-state index contributed by atoms with van der Waals surface area (Å²) in [5, 5.41) is 0.780. The second-order valence-electron chi connectivity index (χ2n) is 5.50. The molecule has 0 amide bonds. The zero-order chi connectivity index (χ0) is 13.7. The largest absolute Gasteiger partial charge is 0.162 e. The summed E-state index contributed by atoms with van der Waals surface area (Å²) in [5.74, 6) is 1.62. The van der Waals surface area contributed by atoms with E-state index in [0.717, 1.165) is 16.6 Å². The lowest BCUT2D eigenvalue weighted by atomic mass is 10.00. The van der Waals surface area contributed by atoms with E-state index in [-0.39, 0.29) is 7.92 Å². The molecule has 1 saturated carbocycles. The fourth-order valence-electron chi connectivity index (χ4n) is 2.66. The predicted octanol–water partition coefficient (Wildman–Crippen LogP) is 5.55. The van der Waals surface area contributed by atoms with Crippen LogP contribution in [0.4, 0.5) is 0 Å². The molecule has 0 aromatic carbocycles. The molecule has 1 aliphatic carbocycles. The third-order valence-electron chi connectivity index (χ3n) is 3.51. The summed E-state index contributed by atoms with van der Waals surface area (Å²) in [4.78, 5) is 0. The molecule has 18 heavy (non-hydrogen) atoms. The first-order chi connectivity index (χ1) is 8.51. The van der Waals surface area contributed by atoms with Gasteiger partial charge in [-0.1, -0.05) is 42.5 Å². The van der Waals surface area contributed by atoms with Crippen molar-refractivity contribution < 1.29 is 0 Å². The second-order valence-corrected chi connectivity index (χ2v) is 10.0. The van der Waals surface area contributed by atoms with Gasteiger partial charge in [-0.25, -0.2) is 0 Å². The Labute approximate surface area is 121 Å². The monoisotopic (exact) mass is 283 g/mol. The Kier molecular flexibility index (Phi) is 7.62. The van der Waals surface area contributed by atoms with Crippen molar-refractivity contribution in [2.75, 3.05) is 6.26 Å². The molecule has 1 rings (SSSR count). The molecule has 1 aliphatic rings. The summed E-state index contributed by atoms with van der Waals surface area (Å²) in [7, 11) is -0.00740. The van der Waals surface area contributed by atoms with Crippen molar-refractivity contribution in [3.05, 3.63) is 30.8 Å². The number of thioether (sulfide) groups is 1. The molecule has 0 aromatic heterocycles. The van der Waals surface area contributed by atoms with Gasteiger partial charge in [-0.3, -0.25) is 0 Å². The highest BCUT2D eigenvalue weighted by atomic mass is 32.2. The summed E-state index contributed by atoms with van der Waals surface area (Å²) in [5.41, 5.74) is 3.24. The minimum Gasteiger partial charge on any atom is -0.162 e. The van der Waals surface area contributed by atoms with Gasteiger partial charge >= 0.3 is 0 Å². The molecule has 0 spiro atoms. The van der Waals surface area contributed by atoms with Crippen LogP contribution in [0, 0.1) is 30.8 Å². The summed E-state index contributed by atoms with van der Waals surface area (Å²) in [6, 6.07) is 0. The summed E-state index contributed by atoms with van der Waals surface area (Å²) in [6.07, 6.45) is 11.8. The molecular formula is C16H28PS. The molecule has 0 N–H and O–H groups in total. The Morgan fingerprint density at radius 2 is 1.72 bits per heavy atom. The van der Waals surface area contributed by atoms with Crippen molar-refractivity contribution in [2.45, 2.75) is 64.0 Å². The Hall–Kier alpha value is 0.780. The highest BCUT2D eigenvalue weighted by molar-refractivity contribution is 7.99. The zero-order valence-electron chi connectivity index (χ0n) is 12.7. The lowest BCUT2D eigenvalue weighted by Gasteiger charge is -2.35. The molecule has 1 atom stereocenters. The Bertz CT molecular complexity index is 215. The van der Waals surface area contributed by atoms with E-state index < -0.39 is 0 Å².